The highest BCUT2D eigenvalue weighted by atomic mass is 15.1. The summed E-state index contributed by atoms with van der Waals surface area (Å²) in [6.07, 6.45) is 7.10. The molecule has 2 fully saturated rings. The van der Waals surface area contributed by atoms with Gasteiger partial charge in [-0.15, -0.1) is 0 Å². The van der Waals surface area contributed by atoms with E-state index in [0.717, 1.165) is 6.04 Å². The lowest BCUT2D eigenvalue weighted by atomic mass is 10.1. The van der Waals surface area contributed by atoms with Crippen LogP contribution in [0.5, 0.6) is 0 Å². The van der Waals surface area contributed by atoms with Gasteiger partial charge in [-0.1, -0.05) is 20.3 Å². The van der Waals surface area contributed by atoms with E-state index in [1.807, 2.05) is 13.8 Å². The highest BCUT2D eigenvalue weighted by molar-refractivity contribution is 4.67. The van der Waals surface area contributed by atoms with Crippen molar-refractivity contribution in [3.8, 4) is 0 Å². The number of nitrogens with zero attached hydrogens (tertiary/aromatic N) is 2. The quantitative estimate of drug-likeness (QED) is 0.693. The molecule has 0 saturated carbocycles. The van der Waals surface area contributed by atoms with Crippen LogP contribution < -0.4 is 0 Å². The van der Waals surface area contributed by atoms with Gasteiger partial charge in [0.15, 0.2) is 0 Å². The fourth-order valence-corrected chi connectivity index (χ4v) is 2.31. The molecule has 2 heteroatoms. The standard InChI is InChI=1S/C8H17N.C5H11N.C2H6/c1-8(2)9-6-4-3-5-7-9;1-6-4-2-3-5-6;1-2/h8H,3-7H2,1-2H3;2-5H2,1H3;1-2H3. The highest BCUT2D eigenvalue weighted by Gasteiger charge is 2.11. The van der Waals surface area contributed by atoms with E-state index in [2.05, 4.69) is 30.7 Å². The van der Waals surface area contributed by atoms with Crippen molar-refractivity contribution in [3.63, 3.8) is 0 Å². The van der Waals surface area contributed by atoms with Gasteiger partial charge >= 0.3 is 0 Å². The summed E-state index contributed by atoms with van der Waals surface area (Å²) in [5.41, 5.74) is 0. The highest BCUT2D eigenvalue weighted by Crippen LogP contribution is 2.10. The molecule has 2 aliphatic heterocycles. The Kier molecular flexibility index (Phi) is 11.0. The molecule has 2 rings (SSSR count). The second kappa shape index (κ2) is 11.0. The normalized spacial score (nSPS) is 21.5. The van der Waals surface area contributed by atoms with Crippen LogP contribution in [0.1, 0.15) is 59.8 Å². The molecular weight excluding hydrogens is 208 g/mol. The summed E-state index contributed by atoms with van der Waals surface area (Å²) >= 11 is 0. The molecule has 2 nitrogen and oxygen atoms in total. The molecule has 0 aliphatic carbocycles. The zero-order valence-corrected chi connectivity index (χ0v) is 12.8. The Morgan fingerprint density at radius 3 is 1.35 bits per heavy atom. The van der Waals surface area contributed by atoms with Crippen molar-refractivity contribution in [1.82, 2.24) is 9.80 Å². The Balaban J connectivity index is 0.000000278. The van der Waals surface area contributed by atoms with Crippen LogP contribution in [-0.2, 0) is 0 Å². The van der Waals surface area contributed by atoms with Crippen molar-refractivity contribution in [2.45, 2.75) is 65.8 Å². The third kappa shape index (κ3) is 8.62. The molecule has 0 amide bonds. The molecule has 2 aliphatic rings. The van der Waals surface area contributed by atoms with Crippen molar-refractivity contribution in [2.75, 3.05) is 33.2 Å². The average molecular weight is 242 g/mol. The Morgan fingerprint density at radius 2 is 1.12 bits per heavy atom. The van der Waals surface area contributed by atoms with Crippen LogP contribution in [0.25, 0.3) is 0 Å². The Hall–Kier alpha value is -0.0800. The predicted octanol–water partition coefficient (Wildman–Crippen LogP) is 3.62. The first-order valence-electron chi connectivity index (χ1n) is 7.63. The van der Waals surface area contributed by atoms with E-state index in [1.165, 1.54) is 58.3 Å². The van der Waals surface area contributed by atoms with Crippen LogP contribution in [0.2, 0.25) is 0 Å². The van der Waals surface area contributed by atoms with Gasteiger partial charge in [0.1, 0.15) is 0 Å². The van der Waals surface area contributed by atoms with E-state index >= 15 is 0 Å². The summed E-state index contributed by atoms with van der Waals surface area (Å²) in [5.74, 6) is 0. The monoisotopic (exact) mass is 242 g/mol. The molecule has 2 saturated heterocycles. The summed E-state index contributed by atoms with van der Waals surface area (Å²) in [5, 5.41) is 0. The minimum atomic E-state index is 0.769. The molecule has 0 spiro atoms. The van der Waals surface area contributed by atoms with Gasteiger partial charge < -0.3 is 9.80 Å². The number of hydrogen-bond acceptors (Lipinski definition) is 2. The molecule has 17 heavy (non-hydrogen) atoms. The number of piperidine rings is 1. The fraction of sp³-hybridized carbons (Fsp3) is 1.00. The number of rotatable bonds is 1. The predicted molar refractivity (Wildman–Crippen MR) is 78.6 cm³/mol. The average Bonchev–Trinajstić information content (AvgIpc) is 2.85. The smallest absolute Gasteiger partial charge is 0.00385 e. The first kappa shape index (κ1) is 16.9. The third-order valence-corrected chi connectivity index (χ3v) is 3.45. The van der Waals surface area contributed by atoms with Gasteiger partial charge in [0.05, 0.1) is 0 Å². The summed E-state index contributed by atoms with van der Waals surface area (Å²) < 4.78 is 0. The molecule has 104 valence electrons. The first-order valence-corrected chi connectivity index (χ1v) is 7.63. The molecule has 0 N–H and O–H groups in total. The molecule has 0 aromatic carbocycles. The molecule has 0 aromatic rings. The maximum absolute atomic E-state index is 2.56. The van der Waals surface area contributed by atoms with Crippen molar-refractivity contribution >= 4 is 0 Å². The van der Waals surface area contributed by atoms with Crippen molar-refractivity contribution in [3.05, 3.63) is 0 Å². The van der Waals surface area contributed by atoms with Crippen LogP contribution in [0.15, 0.2) is 0 Å². The van der Waals surface area contributed by atoms with Gasteiger partial charge in [0.25, 0.3) is 0 Å². The van der Waals surface area contributed by atoms with E-state index in [9.17, 15) is 0 Å². The lowest BCUT2D eigenvalue weighted by Crippen LogP contribution is -2.35. The second-order valence-electron chi connectivity index (χ2n) is 5.20. The van der Waals surface area contributed by atoms with Crippen LogP contribution in [0.4, 0.5) is 0 Å². The van der Waals surface area contributed by atoms with Gasteiger partial charge in [-0.25, -0.2) is 0 Å². The van der Waals surface area contributed by atoms with Crippen molar-refractivity contribution in [2.24, 2.45) is 0 Å². The van der Waals surface area contributed by atoms with Gasteiger partial charge in [-0.05, 0) is 72.8 Å². The Morgan fingerprint density at radius 1 is 0.706 bits per heavy atom. The summed E-state index contributed by atoms with van der Waals surface area (Å²) in [6.45, 7) is 13.9. The zero-order chi connectivity index (χ0) is 13.1. The van der Waals surface area contributed by atoms with Crippen LogP contribution in [-0.4, -0.2) is 49.1 Å². The van der Waals surface area contributed by atoms with Crippen molar-refractivity contribution in [1.29, 1.82) is 0 Å². The van der Waals surface area contributed by atoms with E-state index < -0.39 is 0 Å². The SMILES string of the molecule is CC.CC(C)N1CCCCC1.CN1CCCC1. The maximum Gasteiger partial charge on any atom is 0.00385 e. The zero-order valence-electron chi connectivity index (χ0n) is 12.8. The van der Waals surface area contributed by atoms with E-state index in [0.29, 0.717) is 0 Å². The minimum absolute atomic E-state index is 0.769. The number of hydrogen-bond donors (Lipinski definition) is 0. The van der Waals surface area contributed by atoms with E-state index in [-0.39, 0.29) is 0 Å². The Bertz CT molecular complexity index is 145. The Labute approximate surface area is 109 Å². The lowest BCUT2D eigenvalue weighted by molar-refractivity contribution is 0.185. The molecule has 0 atom stereocenters. The number of likely N-dealkylation sites (tertiary alicyclic amines) is 2. The molecule has 0 aromatic heterocycles. The maximum atomic E-state index is 2.56. The molecule has 0 bridgehead atoms. The molecule has 0 unspecified atom stereocenters. The topological polar surface area (TPSA) is 6.48 Å². The molecule has 2 heterocycles. The molecular formula is C15H34N2. The van der Waals surface area contributed by atoms with Gasteiger partial charge in [-0.2, -0.15) is 0 Å². The third-order valence-electron chi connectivity index (χ3n) is 3.45. The second-order valence-corrected chi connectivity index (χ2v) is 5.20. The summed E-state index contributed by atoms with van der Waals surface area (Å²) in [7, 11) is 2.17. The van der Waals surface area contributed by atoms with Gasteiger partial charge in [-0.3, -0.25) is 0 Å². The van der Waals surface area contributed by atoms with Crippen LogP contribution >= 0.6 is 0 Å². The largest absolute Gasteiger partial charge is 0.306 e. The fourth-order valence-electron chi connectivity index (χ4n) is 2.31. The lowest BCUT2D eigenvalue weighted by Gasteiger charge is -2.29. The van der Waals surface area contributed by atoms with E-state index in [1.54, 1.807) is 0 Å². The summed E-state index contributed by atoms with van der Waals surface area (Å²) in [4.78, 5) is 4.92. The van der Waals surface area contributed by atoms with Gasteiger partial charge in [0.2, 0.25) is 0 Å². The summed E-state index contributed by atoms with van der Waals surface area (Å²) in [6, 6.07) is 0.769. The molecule has 0 radical (unpaired) electrons. The van der Waals surface area contributed by atoms with Crippen LogP contribution in [0.3, 0.4) is 0 Å². The van der Waals surface area contributed by atoms with Crippen LogP contribution in [0, 0.1) is 0 Å². The minimum Gasteiger partial charge on any atom is -0.306 e. The first-order chi connectivity index (χ1) is 8.20. The van der Waals surface area contributed by atoms with Crippen molar-refractivity contribution < 1.29 is 0 Å². The van der Waals surface area contributed by atoms with Gasteiger partial charge in [0, 0.05) is 6.04 Å². The van der Waals surface area contributed by atoms with E-state index in [4.69, 9.17) is 0 Å².